The zero-order chi connectivity index (χ0) is 14.8. The van der Waals surface area contributed by atoms with Crippen molar-refractivity contribution in [1.29, 1.82) is 0 Å². The molecule has 2 bridgehead atoms. The van der Waals surface area contributed by atoms with E-state index in [2.05, 4.69) is 19.1 Å². The van der Waals surface area contributed by atoms with Crippen molar-refractivity contribution in [3.05, 3.63) is 35.4 Å². The van der Waals surface area contributed by atoms with Crippen LogP contribution in [0, 0.1) is 5.92 Å². The van der Waals surface area contributed by atoms with Crippen molar-refractivity contribution >= 4 is 16.6 Å². The van der Waals surface area contributed by atoms with E-state index in [1.807, 2.05) is 12.1 Å². The van der Waals surface area contributed by atoms with E-state index >= 15 is 0 Å². The summed E-state index contributed by atoms with van der Waals surface area (Å²) in [6, 6.07) is 8.13. The Morgan fingerprint density at radius 2 is 1.76 bits per heavy atom. The van der Waals surface area contributed by atoms with E-state index in [9.17, 15) is 9.00 Å². The number of benzene rings is 1. The van der Waals surface area contributed by atoms with Gasteiger partial charge in [-0.25, -0.2) is 0 Å². The van der Waals surface area contributed by atoms with Gasteiger partial charge in [0.2, 0.25) is 0 Å². The summed E-state index contributed by atoms with van der Waals surface area (Å²) >= 11 is 0. The Bertz CT molecular complexity index is 519. The van der Waals surface area contributed by atoms with Gasteiger partial charge in [-0.2, -0.15) is 0 Å². The first-order valence-electron chi connectivity index (χ1n) is 8.21. The van der Waals surface area contributed by atoms with Gasteiger partial charge in [0.15, 0.2) is 5.78 Å². The van der Waals surface area contributed by atoms with Crippen molar-refractivity contribution in [1.82, 2.24) is 0 Å². The summed E-state index contributed by atoms with van der Waals surface area (Å²) in [4.78, 5) is 12.7. The quantitative estimate of drug-likeness (QED) is 0.791. The van der Waals surface area contributed by atoms with Crippen LogP contribution >= 0.6 is 0 Å². The molecule has 2 unspecified atom stereocenters. The van der Waals surface area contributed by atoms with Crippen LogP contribution in [0.4, 0.5) is 0 Å². The van der Waals surface area contributed by atoms with Crippen molar-refractivity contribution in [3.63, 3.8) is 0 Å². The molecule has 0 spiro atoms. The number of carbonyl (C=O) groups is 1. The van der Waals surface area contributed by atoms with Gasteiger partial charge in [-0.15, -0.1) is 0 Å². The molecule has 1 aromatic carbocycles. The lowest BCUT2D eigenvalue weighted by Gasteiger charge is -2.37. The monoisotopic (exact) mass is 304 g/mol. The Kier molecular flexibility index (Phi) is 4.58. The minimum Gasteiger partial charge on any atom is -0.294 e. The third kappa shape index (κ3) is 3.13. The average Bonchev–Trinajstić information content (AvgIpc) is 2.47. The molecule has 114 valence electrons. The van der Waals surface area contributed by atoms with Gasteiger partial charge in [-0.3, -0.25) is 9.00 Å². The number of Topliss-reactive ketones (excluding diaryl/α,β-unsaturated/α-hetero) is 1. The topological polar surface area (TPSA) is 34.1 Å². The Morgan fingerprint density at radius 1 is 1.14 bits per heavy atom. The fraction of sp³-hybridized carbons (Fsp3) is 0.611. The molecule has 0 saturated carbocycles. The lowest BCUT2D eigenvalue weighted by molar-refractivity contribution is 0.0895. The van der Waals surface area contributed by atoms with Crippen molar-refractivity contribution in [2.75, 3.05) is 0 Å². The van der Waals surface area contributed by atoms with Crippen LogP contribution in [0.3, 0.4) is 0 Å². The number of aryl methyl sites for hydroxylation is 1. The molecule has 21 heavy (non-hydrogen) atoms. The second-order valence-electron chi connectivity index (χ2n) is 6.48. The Labute approximate surface area is 129 Å². The van der Waals surface area contributed by atoms with E-state index in [1.54, 1.807) is 0 Å². The van der Waals surface area contributed by atoms with Crippen LogP contribution in [0.2, 0.25) is 0 Å². The lowest BCUT2D eigenvalue weighted by Crippen LogP contribution is -2.41. The van der Waals surface area contributed by atoms with Gasteiger partial charge in [-0.1, -0.05) is 44.0 Å². The van der Waals surface area contributed by atoms with Gasteiger partial charge in [-0.05, 0) is 37.7 Å². The summed E-state index contributed by atoms with van der Waals surface area (Å²) in [5.74, 6) is 0.363. The minimum absolute atomic E-state index is 0.0926. The van der Waals surface area contributed by atoms with Crippen LogP contribution in [0.25, 0.3) is 0 Å². The van der Waals surface area contributed by atoms with E-state index in [-0.39, 0.29) is 22.2 Å². The summed E-state index contributed by atoms with van der Waals surface area (Å²) < 4.78 is 12.2. The highest BCUT2D eigenvalue weighted by atomic mass is 32.2. The third-order valence-corrected chi connectivity index (χ3v) is 7.12. The normalized spacial score (nSPS) is 31.9. The smallest absolute Gasteiger partial charge is 0.166 e. The molecule has 2 saturated heterocycles. The minimum atomic E-state index is -0.688. The maximum Gasteiger partial charge on any atom is 0.166 e. The molecular weight excluding hydrogens is 280 g/mol. The molecule has 0 amide bonds. The SMILES string of the molecule is CCCc1ccc(C(=O)C2CC3CCCC(C2)S3=O)cc1. The summed E-state index contributed by atoms with van der Waals surface area (Å²) in [5, 5.41) is 0.539. The molecule has 2 aliphatic rings. The number of ketones is 1. The molecule has 2 aliphatic heterocycles. The second-order valence-corrected chi connectivity index (χ2v) is 8.47. The fourth-order valence-electron chi connectivity index (χ4n) is 3.81. The van der Waals surface area contributed by atoms with Crippen molar-refractivity contribution in [2.24, 2.45) is 5.92 Å². The molecule has 2 nitrogen and oxygen atoms in total. The zero-order valence-corrected chi connectivity index (χ0v) is 13.5. The Hall–Kier alpha value is -0.960. The number of hydrogen-bond donors (Lipinski definition) is 0. The second kappa shape index (κ2) is 6.43. The molecule has 0 aromatic heterocycles. The molecule has 0 N–H and O–H groups in total. The molecule has 1 aromatic rings. The number of rotatable bonds is 4. The van der Waals surface area contributed by atoms with Crippen LogP contribution in [-0.4, -0.2) is 20.5 Å². The van der Waals surface area contributed by atoms with Gasteiger partial charge in [0.05, 0.1) is 0 Å². The Morgan fingerprint density at radius 3 is 2.33 bits per heavy atom. The molecule has 3 heteroatoms. The zero-order valence-electron chi connectivity index (χ0n) is 12.7. The molecular formula is C18H24O2S. The number of carbonyl (C=O) groups excluding carboxylic acids is 1. The molecule has 2 atom stereocenters. The maximum absolute atomic E-state index is 12.7. The number of fused-ring (bicyclic) bond motifs is 2. The van der Waals surface area contributed by atoms with E-state index < -0.39 is 10.8 Å². The lowest BCUT2D eigenvalue weighted by atomic mass is 9.84. The summed E-state index contributed by atoms with van der Waals surface area (Å²) in [7, 11) is -0.688. The molecule has 2 heterocycles. The van der Waals surface area contributed by atoms with Gasteiger partial charge in [0.25, 0.3) is 0 Å². The van der Waals surface area contributed by atoms with Gasteiger partial charge < -0.3 is 0 Å². The first kappa shape index (κ1) is 15.0. The highest BCUT2D eigenvalue weighted by Crippen LogP contribution is 2.38. The van der Waals surface area contributed by atoms with Gasteiger partial charge in [0, 0.05) is 32.8 Å². The molecule has 0 aliphatic carbocycles. The first-order valence-corrected chi connectivity index (χ1v) is 9.49. The fourth-order valence-corrected chi connectivity index (χ4v) is 5.99. The number of hydrogen-bond acceptors (Lipinski definition) is 2. The van der Waals surface area contributed by atoms with Crippen molar-refractivity contribution in [3.8, 4) is 0 Å². The summed E-state index contributed by atoms with van der Waals surface area (Å²) in [5.41, 5.74) is 2.14. The van der Waals surface area contributed by atoms with Crippen LogP contribution in [0.15, 0.2) is 24.3 Å². The first-order chi connectivity index (χ1) is 10.2. The standard InChI is InChI=1S/C18H24O2S/c1-2-4-13-7-9-14(10-8-13)18(19)15-11-16-5-3-6-17(12-15)21(16)20/h7-10,15-17H,2-6,11-12H2,1H3. The van der Waals surface area contributed by atoms with Crippen LogP contribution in [0.1, 0.15) is 61.4 Å². The average molecular weight is 304 g/mol. The van der Waals surface area contributed by atoms with E-state index in [4.69, 9.17) is 0 Å². The van der Waals surface area contributed by atoms with Gasteiger partial charge in [0.1, 0.15) is 0 Å². The Balaban J connectivity index is 1.71. The van der Waals surface area contributed by atoms with Crippen molar-refractivity contribution < 1.29 is 9.00 Å². The maximum atomic E-state index is 12.7. The molecule has 2 fully saturated rings. The van der Waals surface area contributed by atoms with E-state index in [0.29, 0.717) is 0 Å². The van der Waals surface area contributed by atoms with Crippen molar-refractivity contribution in [2.45, 2.75) is 62.4 Å². The van der Waals surface area contributed by atoms with Crippen LogP contribution in [0.5, 0.6) is 0 Å². The highest BCUT2D eigenvalue weighted by Gasteiger charge is 2.40. The summed E-state index contributed by atoms with van der Waals surface area (Å²) in [6.45, 7) is 2.17. The largest absolute Gasteiger partial charge is 0.294 e. The highest BCUT2D eigenvalue weighted by molar-refractivity contribution is 7.86. The van der Waals surface area contributed by atoms with Crippen LogP contribution in [-0.2, 0) is 17.2 Å². The van der Waals surface area contributed by atoms with E-state index in [1.165, 1.54) is 12.0 Å². The molecule has 3 rings (SSSR count). The van der Waals surface area contributed by atoms with Gasteiger partial charge >= 0.3 is 0 Å². The van der Waals surface area contributed by atoms with Crippen LogP contribution < -0.4 is 0 Å². The third-order valence-electron chi connectivity index (χ3n) is 4.95. The predicted octanol–water partition coefficient (Wildman–Crippen LogP) is 3.90. The predicted molar refractivity (Wildman–Crippen MR) is 87.1 cm³/mol. The summed E-state index contributed by atoms with van der Waals surface area (Å²) in [6.07, 6.45) is 7.14. The molecule has 0 radical (unpaired) electrons. The van der Waals surface area contributed by atoms with E-state index in [0.717, 1.165) is 44.1 Å².